The minimum atomic E-state index is -1.62. The van der Waals surface area contributed by atoms with Crippen molar-refractivity contribution < 1.29 is 13.4 Å². The maximum Gasteiger partial charge on any atom is 0.288 e. The molecule has 1 aromatic heterocycles. The highest BCUT2D eigenvalue weighted by Gasteiger charge is 2.21. The molecule has 1 heterocycles. The van der Waals surface area contributed by atoms with Crippen LogP contribution in [0, 0.1) is 0 Å². The number of nitrogens with two attached hydrogens (primary N) is 1. The number of carbonyl (C=O) groups excluding carboxylic acids is 1. The lowest BCUT2D eigenvalue weighted by molar-refractivity contribution is -0.120. The molecule has 1 unspecified atom stereocenters. The van der Waals surface area contributed by atoms with Crippen LogP contribution >= 0.6 is 0 Å². The average Bonchev–Trinajstić information content (AvgIpc) is 2.81. The van der Waals surface area contributed by atoms with Crippen LogP contribution in [0.3, 0.4) is 0 Å². The second kappa shape index (κ2) is 5.85. The van der Waals surface area contributed by atoms with Crippen LogP contribution in [0.1, 0.15) is 27.2 Å². The van der Waals surface area contributed by atoms with Crippen LogP contribution < -0.4 is 11.1 Å². The minimum Gasteiger partial charge on any atom is -0.430 e. The maximum atomic E-state index is 12.1. The Balaban J connectivity index is 2.10. The molecule has 0 spiro atoms. The highest BCUT2D eigenvalue weighted by Crippen LogP contribution is 2.20. The molecule has 2 rings (SSSR count). The van der Waals surface area contributed by atoms with E-state index < -0.39 is 10.8 Å². The van der Waals surface area contributed by atoms with Crippen LogP contribution in [-0.2, 0) is 15.6 Å². The summed E-state index contributed by atoms with van der Waals surface area (Å²) in [6.07, 6.45) is 0.785. The fraction of sp³-hybridized carbons (Fsp3) is 0.429. The lowest BCUT2D eigenvalue weighted by atomic mass is 10.0. The average molecular weight is 309 g/mol. The van der Waals surface area contributed by atoms with Crippen LogP contribution in [-0.4, -0.2) is 26.4 Å². The Morgan fingerprint density at radius 1 is 1.48 bits per heavy atom. The van der Waals surface area contributed by atoms with Gasteiger partial charge in [0.25, 0.3) is 5.22 Å². The molecule has 0 radical (unpaired) electrons. The molecule has 1 aromatic carbocycles. The van der Waals surface area contributed by atoms with Gasteiger partial charge < -0.3 is 15.5 Å². The first-order valence-corrected chi connectivity index (χ1v) is 7.98. The molecule has 6 nitrogen and oxygen atoms in total. The fourth-order valence-electron chi connectivity index (χ4n) is 1.70. The van der Waals surface area contributed by atoms with Gasteiger partial charge in [0, 0.05) is 17.3 Å². The lowest BCUT2D eigenvalue weighted by Gasteiger charge is -2.24. The van der Waals surface area contributed by atoms with E-state index in [1.54, 1.807) is 18.2 Å². The number of amides is 1. The predicted octanol–water partition coefficient (Wildman–Crippen LogP) is 1.82. The molecule has 21 heavy (non-hydrogen) atoms. The molecule has 0 aliphatic carbocycles. The van der Waals surface area contributed by atoms with Gasteiger partial charge in [-0.25, -0.2) is 9.19 Å². The van der Waals surface area contributed by atoms with E-state index in [9.17, 15) is 9.00 Å². The molecule has 7 heteroatoms. The summed E-state index contributed by atoms with van der Waals surface area (Å²) in [5.41, 5.74) is 6.90. The topological polar surface area (TPSA) is 98.2 Å². The Morgan fingerprint density at radius 3 is 2.86 bits per heavy atom. The van der Waals surface area contributed by atoms with Crippen LogP contribution in [0.4, 0.5) is 5.69 Å². The summed E-state index contributed by atoms with van der Waals surface area (Å²) in [4.78, 5) is 16.0. The van der Waals surface area contributed by atoms with Gasteiger partial charge in [-0.1, -0.05) is 6.92 Å². The van der Waals surface area contributed by atoms with Crippen molar-refractivity contribution in [2.45, 2.75) is 38.0 Å². The third-order valence-corrected chi connectivity index (χ3v) is 4.30. The number of nitrogen functional groups attached to an aromatic ring is 1. The van der Waals surface area contributed by atoms with E-state index in [0.717, 1.165) is 6.42 Å². The summed E-state index contributed by atoms with van der Waals surface area (Å²) in [7, 11) is -1.62. The van der Waals surface area contributed by atoms with E-state index in [1.165, 1.54) is 0 Å². The predicted molar refractivity (Wildman–Crippen MR) is 82.2 cm³/mol. The first-order valence-electron chi connectivity index (χ1n) is 6.66. The highest BCUT2D eigenvalue weighted by molar-refractivity contribution is 7.85. The van der Waals surface area contributed by atoms with Crippen molar-refractivity contribution in [2.75, 3.05) is 11.5 Å². The number of fused-ring (bicyclic) bond motifs is 1. The fourth-order valence-corrected chi connectivity index (χ4v) is 2.52. The van der Waals surface area contributed by atoms with Gasteiger partial charge in [-0.2, -0.15) is 0 Å². The molecule has 114 valence electrons. The van der Waals surface area contributed by atoms with Crippen molar-refractivity contribution in [1.29, 1.82) is 0 Å². The molecule has 2 aromatic rings. The van der Waals surface area contributed by atoms with Gasteiger partial charge in [0.15, 0.2) is 5.58 Å². The number of oxazole rings is 1. The summed E-state index contributed by atoms with van der Waals surface area (Å²) in [6, 6.07) is 4.99. The van der Waals surface area contributed by atoms with E-state index >= 15 is 0 Å². The number of nitrogens with zero attached hydrogens (tertiary/aromatic N) is 1. The summed E-state index contributed by atoms with van der Waals surface area (Å²) in [6.45, 7) is 5.80. The molecular weight excluding hydrogens is 290 g/mol. The number of aromatic nitrogens is 1. The summed E-state index contributed by atoms with van der Waals surface area (Å²) in [5, 5.41) is 2.87. The zero-order valence-electron chi connectivity index (χ0n) is 12.3. The van der Waals surface area contributed by atoms with Gasteiger partial charge in [0.2, 0.25) is 5.91 Å². The smallest absolute Gasteiger partial charge is 0.288 e. The highest BCUT2D eigenvalue weighted by atomic mass is 32.2. The standard InChI is InChI=1S/C14H19N3O3S/c1-4-14(2,3)17-12(18)8-21(19)13-16-10-6-5-9(15)7-11(10)20-13/h5-7H,4,8,15H2,1-3H3,(H,17,18). The van der Waals surface area contributed by atoms with Crippen molar-refractivity contribution in [3.63, 3.8) is 0 Å². The van der Waals surface area contributed by atoms with Crippen molar-refractivity contribution in [3.05, 3.63) is 18.2 Å². The summed E-state index contributed by atoms with van der Waals surface area (Å²) < 4.78 is 17.5. The van der Waals surface area contributed by atoms with Gasteiger partial charge in [0.05, 0.1) is 0 Å². The largest absolute Gasteiger partial charge is 0.430 e. The summed E-state index contributed by atoms with van der Waals surface area (Å²) in [5.74, 6) is -0.465. The van der Waals surface area contributed by atoms with E-state index in [0.29, 0.717) is 16.8 Å². The second-order valence-electron chi connectivity index (χ2n) is 5.48. The molecule has 0 fully saturated rings. The Bertz CT molecular complexity index is 694. The van der Waals surface area contributed by atoms with E-state index in [2.05, 4.69) is 10.3 Å². The monoisotopic (exact) mass is 309 g/mol. The number of hydrogen-bond acceptors (Lipinski definition) is 5. The third-order valence-electron chi connectivity index (χ3n) is 3.21. The molecule has 3 N–H and O–H groups in total. The number of anilines is 1. The molecular formula is C14H19N3O3S. The van der Waals surface area contributed by atoms with Gasteiger partial charge in [-0.3, -0.25) is 4.79 Å². The first-order chi connectivity index (χ1) is 9.80. The van der Waals surface area contributed by atoms with Crippen LogP contribution in [0.2, 0.25) is 0 Å². The number of nitrogens with one attached hydrogen (secondary N) is 1. The van der Waals surface area contributed by atoms with Crippen molar-refractivity contribution >= 4 is 33.5 Å². The number of hydrogen-bond donors (Lipinski definition) is 2. The van der Waals surface area contributed by atoms with E-state index in [-0.39, 0.29) is 22.4 Å². The van der Waals surface area contributed by atoms with E-state index in [4.69, 9.17) is 10.2 Å². The Morgan fingerprint density at radius 2 is 2.19 bits per heavy atom. The molecule has 0 aliphatic heterocycles. The second-order valence-corrected chi connectivity index (χ2v) is 6.81. The Kier molecular flexibility index (Phi) is 4.32. The molecule has 0 bridgehead atoms. The van der Waals surface area contributed by atoms with Crippen LogP contribution in [0.25, 0.3) is 11.1 Å². The molecule has 0 aliphatic rings. The van der Waals surface area contributed by atoms with Crippen LogP contribution in [0.15, 0.2) is 27.8 Å². The lowest BCUT2D eigenvalue weighted by Crippen LogP contribution is -2.44. The third kappa shape index (κ3) is 3.81. The van der Waals surface area contributed by atoms with Crippen LogP contribution in [0.5, 0.6) is 0 Å². The quantitative estimate of drug-likeness (QED) is 0.821. The van der Waals surface area contributed by atoms with E-state index in [1.807, 2.05) is 20.8 Å². The maximum absolute atomic E-state index is 12.1. The first kappa shape index (κ1) is 15.5. The minimum absolute atomic E-state index is 0.0417. The number of rotatable bonds is 5. The van der Waals surface area contributed by atoms with Gasteiger partial charge in [-0.15, -0.1) is 0 Å². The number of benzene rings is 1. The number of carbonyl (C=O) groups is 1. The molecule has 0 saturated heterocycles. The van der Waals surface area contributed by atoms with Crippen molar-refractivity contribution in [1.82, 2.24) is 10.3 Å². The molecule has 1 atom stereocenters. The summed E-state index contributed by atoms with van der Waals surface area (Å²) >= 11 is 0. The van der Waals surface area contributed by atoms with Gasteiger partial charge >= 0.3 is 0 Å². The normalized spacial score (nSPS) is 13.3. The SMILES string of the molecule is CCC(C)(C)NC(=O)CS(=O)c1nc2ccc(N)cc2o1. The van der Waals surface area contributed by atoms with Gasteiger partial charge in [0.1, 0.15) is 22.1 Å². The van der Waals surface area contributed by atoms with Gasteiger partial charge in [-0.05, 0) is 32.4 Å². The molecule has 1 amide bonds. The Hall–Kier alpha value is -1.89. The van der Waals surface area contributed by atoms with Crippen molar-refractivity contribution in [2.24, 2.45) is 0 Å². The Labute approximate surface area is 125 Å². The zero-order chi connectivity index (χ0) is 15.6. The molecule has 0 saturated carbocycles. The van der Waals surface area contributed by atoms with Crippen molar-refractivity contribution in [3.8, 4) is 0 Å². The zero-order valence-corrected chi connectivity index (χ0v) is 13.1.